The predicted molar refractivity (Wildman–Crippen MR) is 130 cm³/mol. The Kier molecular flexibility index (Phi) is 6.83. The number of hydrogen-bond acceptors (Lipinski definition) is 7. The first-order valence-corrected chi connectivity index (χ1v) is 13.0. The van der Waals surface area contributed by atoms with Gasteiger partial charge in [0.1, 0.15) is 10.6 Å². The van der Waals surface area contributed by atoms with Crippen LogP contribution in [0.5, 0.6) is 5.75 Å². The first-order chi connectivity index (χ1) is 15.8. The van der Waals surface area contributed by atoms with Gasteiger partial charge in [0.05, 0.1) is 18.2 Å². The van der Waals surface area contributed by atoms with Gasteiger partial charge < -0.3 is 10.1 Å². The Hall–Kier alpha value is -2.75. The molecule has 0 bridgehead atoms. The minimum Gasteiger partial charge on any atom is -0.495 e. The van der Waals surface area contributed by atoms with E-state index in [4.69, 9.17) is 4.74 Å². The first-order valence-electron chi connectivity index (χ1n) is 10.8. The monoisotopic (exact) mass is 485 g/mol. The van der Waals surface area contributed by atoms with Crippen LogP contribution in [0.3, 0.4) is 0 Å². The Morgan fingerprint density at radius 2 is 1.88 bits per heavy atom. The topological polar surface area (TPSA) is 88.6 Å². The van der Waals surface area contributed by atoms with Gasteiger partial charge in [0, 0.05) is 24.7 Å². The third-order valence-corrected chi connectivity index (χ3v) is 8.68. The van der Waals surface area contributed by atoms with Crippen LogP contribution in [0.15, 0.2) is 53.6 Å². The van der Waals surface area contributed by atoms with E-state index in [1.807, 2.05) is 44.2 Å². The molecule has 1 aliphatic heterocycles. The zero-order valence-electron chi connectivity index (χ0n) is 18.9. The number of benzene rings is 2. The normalized spacial score (nSPS) is 15.4. The number of hydrogen-bond donors (Lipinski definition) is 1. The highest BCUT2D eigenvalue weighted by atomic mass is 32.2. The number of carbonyl (C=O) groups excluding carboxylic acids is 1. The Balaban J connectivity index is 1.40. The molecule has 0 saturated carbocycles. The van der Waals surface area contributed by atoms with E-state index >= 15 is 0 Å². The van der Waals surface area contributed by atoms with Crippen molar-refractivity contribution in [1.29, 1.82) is 0 Å². The molecule has 0 unspecified atom stereocenters. The lowest BCUT2D eigenvalue weighted by atomic mass is 10.0. The summed E-state index contributed by atoms with van der Waals surface area (Å²) in [6, 6.07) is 12.8. The van der Waals surface area contributed by atoms with Crippen LogP contribution in [-0.2, 0) is 10.0 Å². The maximum atomic E-state index is 13.2. The van der Waals surface area contributed by atoms with Crippen molar-refractivity contribution in [3.8, 4) is 5.75 Å². The number of nitrogens with zero attached hydrogens (tertiary/aromatic N) is 2. The summed E-state index contributed by atoms with van der Waals surface area (Å²) in [6.45, 7) is 4.58. The van der Waals surface area contributed by atoms with E-state index in [1.165, 1.54) is 22.8 Å². The van der Waals surface area contributed by atoms with E-state index in [9.17, 15) is 13.2 Å². The van der Waals surface area contributed by atoms with Crippen molar-refractivity contribution >= 4 is 32.3 Å². The van der Waals surface area contributed by atoms with Crippen molar-refractivity contribution in [2.45, 2.75) is 37.6 Å². The number of ether oxygens (including phenoxy) is 1. The zero-order valence-corrected chi connectivity index (χ0v) is 20.5. The number of rotatable bonds is 7. The van der Waals surface area contributed by atoms with E-state index < -0.39 is 10.0 Å². The second-order valence-corrected chi connectivity index (χ2v) is 11.1. The Labute approximate surface area is 198 Å². The van der Waals surface area contributed by atoms with Gasteiger partial charge in [-0.3, -0.25) is 4.79 Å². The number of anilines is 1. The van der Waals surface area contributed by atoms with Gasteiger partial charge in [0.2, 0.25) is 15.8 Å². The van der Waals surface area contributed by atoms with Gasteiger partial charge in [-0.25, -0.2) is 13.4 Å². The summed E-state index contributed by atoms with van der Waals surface area (Å²) in [7, 11) is -2.16. The van der Waals surface area contributed by atoms with E-state index in [-0.39, 0.29) is 16.7 Å². The fraction of sp³-hybridized carbons (Fsp3) is 0.333. The van der Waals surface area contributed by atoms with Gasteiger partial charge in [-0.2, -0.15) is 4.31 Å². The van der Waals surface area contributed by atoms with Crippen LogP contribution < -0.4 is 10.1 Å². The van der Waals surface area contributed by atoms with Crippen LogP contribution in [0, 0.1) is 13.8 Å². The van der Waals surface area contributed by atoms with E-state index in [2.05, 4.69) is 10.3 Å². The minimum atomic E-state index is -3.64. The maximum Gasteiger partial charge on any atom is 0.246 e. The van der Waals surface area contributed by atoms with Gasteiger partial charge in [-0.05, 0) is 49.9 Å². The molecule has 0 atom stereocenters. The average Bonchev–Trinajstić information content (AvgIpc) is 3.28. The molecule has 33 heavy (non-hydrogen) atoms. The number of methoxy groups -OCH3 is 1. The summed E-state index contributed by atoms with van der Waals surface area (Å²) in [5.74, 6) is 0.321. The van der Waals surface area contributed by atoms with Crippen LogP contribution in [0.1, 0.15) is 39.2 Å². The zero-order chi connectivity index (χ0) is 23.6. The van der Waals surface area contributed by atoms with Crippen molar-refractivity contribution < 1.29 is 17.9 Å². The third-order valence-electron chi connectivity index (χ3n) is 5.84. The van der Waals surface area contributed by atoms with E-state index in [0.717, 1.165) is 11.1 Å². The Morgan fingerprint density at radius 3 is 2.58 bits per heavy atom. The van der Waals surface area contributed by atoms with Gasteiger partial charge >= 0.3 is 0 Å². The molecule has 1 N–H and O–H groups in total. The number of nitrogens with one attached hydrogen (secondary N) is 1. The lowest BCUT2D eigenvalue weighted by Gasteiger charge is -2.31. The molecule has 0 radical (unpaired) electrons. The van der Waals surface area contributed by atoms with Crippen molar-refractivity contribution in [3.63, 3.8) is 0 Å². The number of piperidine rings is 1. The predicted octanol–water partition coefficient (Wildman–Crippen LogP) is 4.26. The highest BCUT2D eigenvalue weighted by molar-refractivity contribution is 7.89. The summed E-state index contributed by atoms with van der Waals surface area (Å²) in [5, 5.41) is 4.05. The molecule has 1 aromatic heterocycles. The number of ketones is 1. The SMILES string of the molecule is COc1ccc(C)cc1S(=O)(=O)N1CCC(Nc2ncc(C(=O)c3ccccc3C)s2)CC1. The van der Waals surface area contributed by atoms with Crippen molar-refractivity contribution in [2.75, 3.05) is 25.5 Å². The molecule has 7 nitrogen and oxygen atoms in total. The fourth-order valence-electron chi connectivity index (χ4n) is 3.95. The molecule has 2 heterocycles. The van der Waals surface area contributed by atoms with Crippen molar-refractivity contribution in [3.05, 3.63) is 70.2 Å². The molecular formula is C24H27N3O4S2. The van der Waals surface area contributed by atoms with E-state index in [0.29, 0.717) is 47.3 Å². The Morgan fingerprint density at radius 1 is 1.15 bits per heavy atom. The molecule has 0 aliphatic carbocycles. The molecule has 4 rings (SSSR count). The van der Waals surface area contributed by atoms with Crippen LogP contribution in [0.4, 0.5) is 5.13 Å². The number of carbonyl (C=O) groups is 1. The van der Waals surface area contributed by atoms with Gasteiger partial charge in [0.25, 0.3) is 0 Å². The highest BCUT2D eigenvalue weighted by Gasteiger charge is 2.32. The van der Waals surface area contributed by atoms with Crippen molar-refractivity contribution in [1.82, 2.24) is 9.29 Å². The van der Waals surface area contributed by atoms with Crippen LogP contribution in [-0.4, -0.2) is 49.7 Å². The summed E-state index contributed by atoms with van der Waals surface area (Å²) in [4.78, 5) is 18.0. The number of aryl methyl sites for hydroxylation is 2. The quantitative estimate of drug-likeness (QED) is 0.503. The number of sulfonamides is 1. The minimum absolute atomic E-state index is 0.0355. The number of aromatic nitrogens is 1. The van der Waals surface area contributed by atoms with Crippen LogP contribution in [0.2, 0.25) is 0 Å². The van der Waals surface area contributed by atoms with Crippen LogP contribution >= 0.6 is 11.3 Å². The Bertz CT molecular complexity index is 1260. The lowest BCUT2D eigenvalue weighted by Crippen LogP contribution is -2.42. The van der Waals surface area contributed by atoms with Gasteiger partial charge in [-0.1, -0.05) is 41.7 Å². The van der Waals surface area contributed by atoms with Crippen molar-refractivity contribution in [2.24, 2.45) is 0 Å². The molecule has 1 fully saturated rings. The van der Waals surface area contributed by atoms with E-state index in [1.54, 1.807) is 18.3 Å². The molecule has 3 aromatic rings. The summed E-state index contributed by atoms with van der Waals surface area (Å²) >= 11 is 1.33. The third kappa shape index (κ3) is 4.95. The fourth-order valence-corrected chi connectivity index (χ4v) is 6.50. The molecule has 2 aromatic carbocycles. The second-order valence-electron chi connectivity index (χ2n) is 8.15. The molecular weight excluding hydrogens is 458 g/mol. The molecule has 9 heteroatoms. The first kappa shape index (κ1) is 23.4. The standard InChI is InChI=1S/C24H27N3O4S2/c1-16-8-9-20(31-3)22(14-16)33(29,30)27-12-10-18(11-13-27)26-24-25-15-21(32-24)23(28)19-7-5-4-6-17(19)2/h4-9,14-15,18H,10-13H2,1-3H3,(H,25,26). The average molecular weight is 486 g/mol. The lowest BCUT2D eigenvalue weighted by molar-refractivity contribution is 0.104. The molecule has 1 aliphatic rings. The number of thiazole rings is 1. The van der Waals surface area contributed by atoms with Crippen LogP contribution in [0.25, 0.3) is 0 Å². The summed E-state index contributed by atoms with van der Waals surface area (Å²) < 4.78 is 33.2. The van der Waals surface area contributed by atoms with Gasteiger partial charge in [-0.15, -0.1) is 0 Å². The smallest absolute Gasteiger partial charge is 0.246 e. The molecule has 0 spiro atoms. The summed E-state index contributed by atoms with van der Waals surface area (Å²) in [6.07, 6.45) is 2.90. The molecule has 1 saturated heterocycles. The molecule has 0 amide bonds. The van der Waals surface area contributed by atoms with Gasteiger partial charge in [0.15, 0.2) is 5.13 Å². The summed E-state index contributed by atoms with van der Waals surface area (Å²) in [5.41, 5.74) is 2.48. The second kappa shape index (κ2) is 9.62. The molecule has 174 valence electrons. The largest absolute Gasteiger partial charge is 0.495 e. The highest BCUT2D eigenvalue weighted by Crippen LogP contribution is 2.30. The maximum absolute atomic E-state index is 13.2.